The SMILES string of the molecule is CC(C)(C)[C@@H]1NC(=O)OCCCC/C=C/c2ccc3c(c2)/C(=N/O[C@@H]2C[C@@H](C(=O)N[C@]4(C(=O)NS(=O)(=O)C5CC5)C[C@H]4C(F)F)N(C2)C1=O)c1ccccc1-3. The second-order valence-electron chi connectivity index (χ2n) is 16.0. The van der Waals surface area contributed by atoms with E-state index in [0.717, 1.165) is 40.7 Å². The van der Waals surface area contributed by atoms with Gasteiger partial charge in [0.15, 0.2) is 0 Å². The highest BCUT2D eigenvalue weighted by Crippen LogP contribution is 2.48. The lowest BCUT2D eigenvalue weighted by molar-refractivity contribution is -0.143. The number of oxime groups is 1. The van der Waals surface area contributed by atoms with Crippen molar-refractivity contribution < 1.29 is 46.0 Å². The van der Waals surface area contributed by atoms with Gasteiger partial charge < -0.3 is 25.1 Å². The van der Waals surface area contributed by atoms with Crippen LogP contribution in [0.2, 0.25) is 0 Å². The molecule has 0 radical (unpaired) electrons. The number of carbonyl (C=O) groups is 4. The Labute approximate surface area is 318 Å². The van der Waals surface area contributed by atoms with E-state index >= 15 is 0 Å². The summed E-state index contributed by atoms with van der Waals surface area (Å²) in [6, 6.07) is 11.2. The minimum atomic E-state index is -4.12. The molecule has 13 nitrogen and oxygen atoms in total. The van der Waals surface area contributed by atoms with Crippen LogP contribution in [0.25, 0.3) is 17.2 Å². The van der Waals surface area contributed by atoms with Crippen LogP contribution in [0.5, 0.6) is 0 Å². The van der Waals surface area contributed by atoms with Gasteiger partial charge in [-0.1, -0.05) is 74.5 Å². The molecule has 0 aromatic heterocycles. The van der Waals surface area contributed by atoms with E-state index in [4.69, 9.17) is 9.57 Å². The number of cyclic esters (lactones) is 1. The van der Waals surface area contributed by atoms with Crippen molar-refractivity contribution in [3.63, 3.8) is 0 Å². The standard InChI is InChI=1S/C39H45F2N5O8S/c1-38(2,3)32-35(48)46-21-23(19-30(46)34(47)43-39(20-29(39)33(40)41)36(49)45-55(51,52)24-14-15-24)54-44-31-27-12-8-7-11-25(27)26-16-13-22(18-28(26)31)10-6-4-5-9-17-53-37(50)42-32/h6-8,10-13,16,18,23-24,29-30,32-33H,4-5,9,14-15,17,19-21H2,1-3H3,(H,42,50)(H,43,47)(H,45,49)/b10-6+,44-31+/t23-,29+,30+,32-,39-/m1/s1. The number of hydrogen-bond donors (Lipinski definition) is 3. The Balaban J connectivity index is 1.22. The van der Waals surface area contributed by atoms with Crippen LogP contribution in [0.1, 0.15) is 82.4 Å². The second-order valence-corrected chi connectivity index (χ2v) is 18.0. The largest absolute Gasteiger partial charge is 0.450 e. The molecule has 4 amide bonds. The van der Waals surface area contributed by atoms with E-state index in [9.17, 15) is 36.4 Å². The lowest BCUT2D eigenvalue weighted by Gasteiger charge is -2.35. The number of benzene rings is 2. The van der Waals surface area contributed by atoms with Gasteiger partial charge in [-0.25, -0.2) is 22.0 Å². The van der Waals surface area contributed by atoms with Gasteiger partial charge in [-0.05, 0) is 66.7 Å². The van der Waals surface area contributed by atoms with Crippen LogP contribution < -0.4 is 15.4 Å². The van der Waals surface area contributed by atoms with Crippen LogP contribution in [0.3, 0.4) is 0 Å². The first-order valence-electron chi connectivity index (χ1n) is 18.6. The quantitative estimate of drug-likeness (QED) is 0.328. The number of ether oxygens (including phenoxy) is 1. The van der Waals surface area contributed by atoms with Crippen LogP contribution in [0, 0.1) is 11.3 Å². The molecule has 294 valence electrons. The maximum absolute atomic E-state index is 14.5. The maximum Gasteiger partial charge on any atom is 0.407 e. The van der Waals surface area contributed by atoms with Crippen molar-refractivity contribution in [1.29, 1.82) is 0 Å². The summed E-state index contributed by atoms with van der Waals surface area (Å²) in [7, 11) is -4.12. The number of allylic oxidation sites excluding steroid dienone is 1. The number of alkyl halides is 2. The molecule has 3 fully saturated rings. The molecular formula is C39H45F2N5O8S. The Bertz CT molecular complexity index is 2060. The summed E-state index contributed by atoms with van der Waals surface area (Å²) in [6.45, 7) is 5.12. The van der Waals surface area contributed by atoms with Crippen molar-refractivity contribution in [2.75, 3.05) is 13.2 Å². The van der Waals surface area contributed by atoms with Gasteiger partial charge in [-0.15, -0.1) is 0 Å². The third kappa shape index (κ3) is 7.82. The van der Waals surface area contributed by atoms with E-state index in [2.05, 4.69) is 15.8 Å². The zero-order valence-electron chi connectivity index (χ0n) is 30.8. The Morgan fingerprint density at radius 1 is 1.04 bits per heavy atom. The zero-order chi connectivity index (χ0) is 39.3. The van der Waals surface area contributed by atoms with E-state index in [1.165, 1.54) is 4.90 Å². The van der Waals surface area contributed by atoms with Crippen molar-refractivity contribution in [2.24, 2.45) is 16.5 Å². The molecule has 2 aromatic rings. The van der Waals surface area contributed by atoms with E-state index in [-0.39, 0.29) is 19.6 Å². The van der Waals surface area contributed by atoms with Gasteiger partial charge in [0.05, 0.1) is 24.3 Å². The number of carbonyl (C=O) groups excluding carboxylic acids is 4. The molecule has 3 N–H and O–H groups in total. The predicted octanol–water partition coefficient (Wildman–Crippen LogP) is 4.49. The van der Waals surface area contributed by atoms with Crippen LogP contribution in [0.4, 0.5) is 13.6 Å². The molecule has 0 spiro atoms. The number of hydrogen-bond acceptors (Lipinski definition) is 9. The number of rotatable bonds is 6. The topological polar surface area (TPSA) is 173 Å². The molecule has 16 heteroatoms. The predicted molar refractivity (Wildman–Crippen MR) is 198 cm³/mol. The molecule has 2 aromatic carbocycles. The first-order chi connectivity index (χ1) is 26.1. The van der Waals surface area contributed by atoms with Gasteiger partial charge in [0.25, 0.3) is 5.91 Å². The van der Waals surface area contributed by atoms with Gasteiger partial charge in [0.2, 0.25) is 28.3 Å². The first kappa shape index (κ1) is 38.4. The molecule has 55 heavy (non-hydrogen) atoms. The Kier molecular flexibility index (Phi) is 10.2. The molecule has 5 aliphatic rings. The number of halogens is 2. The Hall–Kier alpha value is -4.86. The third-order valence-electron chi connectivity index (χ3n) is 10.9. The summed E-state index contributed by atoms with van der Waals surface area (Å²) in [6.07, 6.45) is 1.39. The molecule has 5 atom stereocenters. The van der Waals surface area contributed by atoms with E-state index in [0.29, 0.717) is 25.0 Å². The Morgan fingerprint density at radius 2 is 1.76 bits per heavy atom. The van der Waals surface area contributed by atoms with E-state index in [1.54, 1.807) is 20.8 Å². The molecule has 2 saturated carbocycles. The number of nitrogens with one attached hydrogen (secondary N) is 3. The third-order valence-corrected chi connectivity index (χ3v) is 12.7. The number of amides is 4. The lowest BCUT2D eigenvalue weighted by Crippen LogP contribution is -2.60. The highest BCUT2D eigenvalue weighted by Gasteiger charge is 2.67. The molecular weight excluding hydrogens is 737 g/mol. The van der Waals surface area contributed by atoms with E-state index in [1.807, 2.05) is 59.3 Å². The van der Waals surface area contributed by atoms with Crippen LogP contribution in [-0.4, -0.2) is 91.4 Å². The van der Waals surface area contributed by atoms with Crippen molar-refractivity contribution in [1.82, 2.24) is 20.3 Å². The minimum Gasteiger partial charge on any atom is -0.450 e. The second kappa shape index (κ2) is 14.7. The van der Waals surface area contributed by atoms with Crippen LogP contribution in [0.15, 0.2) is 53.7 Å². The minimum absolute atomic E-state index is 0.109. The van der Waals surface area contributed by atoms with Gasteiger partial charge >= 0.3 is 6.09 Å². The molecule has 2 aliphatic heterocycles. The number of fused-ring (bicyclic) bond motifs is 6. The highest BCUT2D eigenvalue weighted by molar-refractivity contribution is 7.91. The lowest BCUT2D eigenvalue weighted by atomic mass is 9.85. The zero-order valence-corrected chi connectivity index (χ0v) is 31.7. The normalized spacial score (nSPS) is 28.5. The smallest absolute Gasteiger partial charge is 0.407 e. The summed E-state index contributed by atoms with van der Waals surface area (Å²) in [5.41, 5.74) is 2.00. The molecule has 0 unspecified atom stereocenters. The van der Waals surface area contributed by atoms with Gasteiger partial charge in [-0.3, -0.25) is 19.1 Å². The number of sulfonamides is 1. The van der Waals surface area contributed by atoms with Crippen molar-refractivity contribution in [3.8, 4) is 11.1 Å². The fourth-order valence-corrected chi connectivity index (χ4v) is 8.88. The average Bonchev–Trinajstić information content (AvgIpc) is 4.04. The van der Waals surface area contributed by atoms with Gasteiger partial charge in [0.1, 0.15) is 29.4 Å². The summed E-state index contributed by atoms with van der Waals surface area (Å²) in [5.74, 6) is -4.51. The van der Waals surface area contributed by atoms with Crippen LogP contribution in [-0.2, 0) is 34.0 Å². The number of nitrogens with zero attached hydrogens (tertiary/aromatic N) is 2. The van der Waals surface area contributed by atoms with Gasteiger partial charge in [-0.2, -0.15) is 0 Å². The molecule has 2 heterocycles. The number of alkyl carbamates (subject to hydrolysis) is 1. The summed E-state index contributed by atoms with van der Waals surface area (Å²) >= 11 is 0. The van der Waals surface area contributed by atoms with Crippen molar-refractivity contribution >= 4 is 45.6 Å². The summed E-state index contributed by atoms with van der Waals surface area (Å²) < 4.78 is 60.8. The monoisotopic (exact) mass is 781 g/mol. The Morgan fingerprint density at radius 3 is 2.45 bits per heavy atom. The average molecular weight is 782 g/mol. The van der Waals surface area contributed by atoms with Crippen LogP contribution >= 0.6 is 0 Å². The fraction of sp³-hybridized carbons (Fsp3) is 0.513. The molecule has 4 bridgehead atoms. The molecule has 1 saturated heterocycles. The van der Waals surface area contributed by atoms with Crippen molar-refractivity contribution in [2.45, 2.75) is 101 Å². The summed E-state index contributed by atoms with van der Waals surface area (Å²) in [4.78, 5) is 62.3. The molecule has 3 aliphatic carbocycles. The maximum atomic E-state index is 14.5. The summed E-state index contributed by atoms with van der Waals surface area (Å²) in [5, 5.41) is 8.87. The van der Waals surface area contributed by atoms with Crippen molar-refractivity contribution in [3.05, 3.63) is 65.2 Å². The van der Waals surface area contributed by atoms with Gasteiger partial charge in [0, 0.05) is 17.5 Å². The highest BCUT2D eigenvalue weighted by atomic mass is 32.2. The first-order valence-corrected chi connectivity index (χ1v) is 20.2. The molecule has 7 rings (SSSR count). The van der Waals surface area contributed by atoms with E-state index < -0.39 is 87.0 Å². The fourth-order valence-electron chi connectivity index (χ4n) is 7.52.